The van der Waals surface area contributed by atoms with E-state index in [-0.39, 0.29) is 35.7 Å². The standard InChI is InChI=1S/C50H82O21/c1-19-9-12-50(63-17-19)20(2)32-29(71-50)15-27-25-8-7-23-13-24(14-31(49(23,6)26(25)10-11-48(27,32)5)68-45-40(60)38(58)36(56)30(16-51)67-45)66-46-41(61)42(34(54)22(4)65-46)69-47-43(35(55)28(52)18-62-47)70-44-39(59)37(57)33(53)21(3)64-44/h19-47,51-61H,7-18H2,1-6H3/t19?,20?,21-,22-,23-,24?,25?,26?,27?,28-,29?,30-,31-,32?,33+,34+,35+,36-,37-,38-,39-,40-,41-,42-,43-,44+,45+,46+,47+,48?,49?,50?/m1/s1. The summed E-state index contributed by atoms with van der Waals surface area (Å²) in [5.74, 6) is 1.51. The molecule has 11 unspecified atom stereocenters. The molecule has 0 radical (unpaired) electrons. The molecule has 6 heterocycles. The SMILES string of the molecule is CC1CCC2(OC1)OC1CC3C4CC[C@@H]5CC(O[C@@H]6O[C@H](C)[C@H](O)[C@@H](O[C@@H]7OC[C@@H](O)[C@H](O)[C@H]7O[C@@H]7O[C@H](C)[C@H](O)[C@@H](O)[C@H]7O)[C@H]6O)C[C@@H](O[C@@H]6O[C@H](CO)[C@@H](O)[C@@H](O)[C@H]6O)C5(C)C4CCC3(C)C1C2C. The maximum atomic E-state index is 12.0. The van der Waals surface area contributed by atoms with Crippen LogP contribution in [0.1, 0.15) is 99.3 Å². The van der Waals surface area contributed by atoms with Gasteiger partial charge in [-0.3, -0.25) is 0 Å². The van der Waals surface area contributed by atoms with Gasteiger partial charge in [0.05, 0.1) is 50.3 Å². The molecule has 0 aromatic rings. The van der Waals surface area contributed by atoms with Crippen LogP contribution in [0, 0.1) is 52.3 Å². The lowest BCUT2D eigenvalue weighted by Crippen LogP contribution is -2.65. The third kappa shape index (κ3) is 9.00. The quantitative estimate of drug-likeness (QED) is 0.120. The van der Waals surface area contributed by atoms with Crippen LogP contribution in [-0.4, -0.2) is 217 Å². The average molecular weight is 1020 g/mol. The van der Waals surface area contributed by atoms with Crippen molar-refractivity contribution in [1.29, 1.82) is 0 Å². The van der Waals surface area contributed by atoms with Gasteiger partial charge >= 0.3 is 0 Å². The highest BCUT2D eigenvalue weighted by Crippen LogP contribution is 2.72. The van der Waals surface area contributed by atoms with Crippen molar-refractivity contribution in [2.24, 2.45) is 52.3 Å². The Morgan fingerprint density at radius 1 is 0.563 bits per heavy atom. The summed E-state index contributed by atoms with van der Waals surface area (Å²) in [6.45, 7) is 12.0. The highest BCUT2D eigenvalue weighted by Gasteiger charge is 2.70. The lowest BCUT2D eigenvalue weighted by atomic mass is 9.43. The van der Waals surface area contributed by atoms with Gasteiger partial charge in [-0.05, 0) is 105 Å². The van der Waals surface area contributed by atoms with Gasteiger partial charge in [-0.2, -0.15) is 0 Å². The first-order valence-electron chi connectivity index (χ1n) is 26.5. The van der Waals surface area contributed by atoms with Crippen molar-refractivity contribution >= 4 is 0 Å². The molecule has 6 aliphatic heterocycles. The topological polar surface area (TPSA) is 315 Å². The summed E-state index contributed by atoms with van der Waals surface area (Å²) in [5.41, 5.74) is -0.465. The smallest absolute Gasteiger partial charge is 0.187 e. The van der Waals surface area contributed by atoms with Crippen LogP contribution in [0.5, 0.6) is 0 Å². The Morgan fingerprint density at radius 3 is 1.92 bits per heavy atom. The zero-order chi connectivity index (χ0) is 50.8. The molecule has 0 bridgehead atoms. The summed E-state index contributed by atoms with van der Waals surface area (Å²) in [4.78, 5) is 0. The molecule has 1 spiro atoms. The second kappa shape index (κ2) is 20.2. The van der Waals surface area contributed by atoms with E-state index in [1.807, 2.05) is 0 Å². The van der Waals surface area contributed by atoms with Crippen LogP contribution >= 0.6 is 0 Å². The van der Waals surface area contributed by atoms with Crippen LogP contribution in [0.2, 0.25) is 0 Å². The molecule has 6 saturated heterocycles. The Balaban J connectivity index is 0.881. The lowest BCUT2D eigenvalue weighted by molar-refractivity contribution is -0.379. The molecule has 0 amide bonds. The van der Waals surface area contributed by atoms with E-state index >= 15 is 0 Å². The number of aliphatic hydroxyl groups is 11. The van der Waals surface area contributed by atoms with Gasteiger partial charge in [-0.15, -0.1) is 0 Å². The van der Waals surface area contributed by atoms with Crippen LogP contribution < -0.4 is 0 Å². The van der Waals surface area contributed by atoms with Crippen LogP contribution in [0.3, 0.4) is 0 Å². The maximum Gasteiger partial charge on any atom is 0.187 e. The normalized spacial score (nSPS) is 59.5. The van der Waals surface area contributed by atoms with E-state index in [4.69, 9.17) is 47.4 Å². The fraction of sp³-hybridized carbons (Fsp3) is 1.00. The highest BCUT2D eigenvalue weighted by molar-refractivity contribution is 5.17. The number of fused-ring (bicyclic) bond motifs is 7. The predicted molar refractivity (Wildman–Crippen MR) is 241 cm³/mol. The van der Waals surface area contributed by atoms with E-state index in [1.54, 1.807) is 6.92 Å². The molecule has 10 aliphatic rings. The van der Waals surface area contributed by atoms with Crippen LogP contribution in [0.4, 0.5) is 0 Å². The summed E-state index contributed by atoms with van der Waals surface area (Å²) < 4.78 is 62.8. The number of rotatable bonds is 9. The third-order valence-corrected chi connectivity index (χ3v) is 20.0. The molecule has 10 fully saturated rings. The molecule has 21 heteroatoms. The molecule has 4 saturated carbocycles. The summed E-state index contributed by atoms with van der Waals surface area (Å²) in [6.07, 6.45) is -21.9. The van der Waals surface area contributed by atoms with Gasteiger partial charge < -0.3 is 104 Å². The Kier molecular flexibility index (Phi) is 15.2. The first-order chi connectivity index (χ1) is 33.6. The molecule has 11 N–H and O–H groups in total. The van der Waals surface area contributed by atoms with Gasteiger partial charge in [-0.1, -0.05) is 27.7 Å². The maximum absolute atomic E-state index is 12.0. The van der Waals surface area contributed by atoms with E-state index in [9.17, 15) is 56.2 Å². The number of aliphatic hydroxyl groups excluding tert-OH is 11. The van der Waals surface area contributed by atoms with Crippen molar-refractivity contribution in [2.45, 2.75) is 240 Å². The van der Waals surface area contributed by atoms with Gasteiger partial charge in [0.15, 0.2) is 30.9 Å². The Bertz CT molecular complexity index is 1830. The molecule has 32 atom stereocenters. The minimum absolute atomic E-state index is 0.00989. The number of hydrogen-bond donors (Lipinski definition) is 11. The molecule has 4 aliphatic carbocycles. The Labute approximate surface area is 414 Å². The second-order valence-electron chi connectivity index (χ2n) is 23.9. The number of ether oxygens (including phenoxy) is 10. The molecule has 71 heavy (non-hydrogen) atoms. The summed E-state index contributed by atoms with van der Waals surface area (Å²) in [6, 6.07) is 0. The largest absolute Gasteiger partial charge is 0.394 e. The minimum atomic E-state index is -1.77. The first-order valence-corrected chi connectivity index (χ1v) is 26.5. The molecule has 0 aromatic carbocycles. The average Bonchev–Trinajstić information content (AvgIpc) is 3.79. The van der Waals surface area contributed by atoms with Crippen molar-refractivity contribution in [3.63, 3.8) is 0 Å². The van der Waals surface area contributed by atoms with Crippen molar-refractivity contribution in [3.8, 4) is 0 Å². The molecule has 10 rings (SSSR count). The molecular weight excluding hydrogens is 937 g/mol. The molecule has 408 valence electrons. The van der Waals surface area contributed by atoms with Crippen molar-refractivity contribution in [2.75, 3.05) is 19.8 Å². The molecule has 21 nitrogen and oxygen atoms in total. The van der Waals surface area contributed by atoms with Crippen LogP contribution in [0.25, 0.3) is 0 Å². The van der Waals surface area contributed by atoms with E-state index in [0.29, 0.717) is 36.7 Å². The molecule has 0 aromatic heterocycles. The summed E-state index contributed by atoms with van der Waals surface area (Å²) >= 11 is 0. The summed E-state index contributed by atoms with van der Waals surface area (Å²) in [7, 11) is 0. The lowest BCUT2D eigenvalue weighted by Gasteiger charge is -2.63. The Morgan fingerprint density at radius 2 is 1.23 bits per heavy atom. The van der Waals surface area contributed by atoms with E-state index in [2.05, 4.69) is 27.7 Å². The first kappa shape index (κ1) is 53.6. The fourth-order valence-electron chi connectivity index (χ4n) is 15.8. The highest BCUT2D eigenvalue weighted by atomic mass is 16.8. The number of hydrogen-bond acceptors (Lipinski definition) is 21. The third-order valence-electron chi connectivity index (χ3n) is 20.0. The van der Waals surface area contributed by atoms with Crippen molar-refractivity contribution < 1.29 is 104 Å². The minimum Gasteiger partial charge on any atom is -0.394 e. The van der Waals surface area contributed by atoms with Gasteiger partial charge in [0.2, 0.25) is 0 Å². The Hall–Kier alpha value is -0.840. The molecular formula is C50H82O21. The van der Waals surface area contributed by atoms with Crippen LogP contribution in [-0.2, 0) is 47.4 Å². The van der Waals surface area contributed by atoms with Gasteiger partial charge in [0.25, 0.3) is 0 Å². The van der Waals surface area contributed by atoms with Crippen molar-refractivity contribution in [3.05, 3.63) is 0 Å². The van der Waals surface area contributed by atoms with E-state index < -0.39 is 153 Å². The predicted octanol–water partition coefficient (Wildman–Crippen LogP) is -1.24. The zero-order valence-electron chi connectivity index (χ0n) is 41.7. The van der Waals surface area contributed by atoms with Gasteiger partial charge in [0, 0.05) is 18.8 Å². The fourth-order valence-corrected chi connectivity index (χ4v) is 15.8. The zero-order valence-corrected chi connectivity index (χ0v) is 41.7. The van der Waals surface area contributed by atoms with E-state index in [0.717, 1.165) is 44.9 Å². The monoisotopic (exact) mass is 1020 g/mol. The van der Waals surface area contributed by atoms with E-state index in [1.165, 1.54) is 6.92 Å². The second-order valence-corrected chi connectivity index (χ2v) is 23.9. The van der Waals surface area contributed by atoms with Gasteiger partial charge in [0.1, 0.15) is 79.4 Å². The van der Waals surface area contributed by atoms with Gasteiger partial charge in [-0.25, -0.2) is 0 Å². The van der Waals surface area contributed by atoms with Crippen molar-refractivity contribution in [1.82, 2.24) is 0 Å². The summed E-state index contributed by atoms with van der Waals surface area (Å²) in [5, 5.41) is 120. The van der Waals surface area contributed by atoms with Crippen LogP contribution in [0.15, 0.2) is 0 Å².